The van der Waals surface area contributed by atoms with E-state index in [2.05, 4.69) is 9.72 Å². The van der Waals surface area contributed by atoms with E-state index >= 15 is 0 Å². The summed E-state index contributed by atoms with van der Waals surface area (Å²) in [6, 6.07) is 3.34. The average molecular weight is 208 g/mol. The third-order valence-electron chi connectivity index (χ3n) is 2.27. The van der Waals surface area contributed by atoms with Crippen molar-refractivity contribution in [1.82, 2.24) is 4.98 Å². The standard InChI is InChI=1S/C11H16N2O2/c1-7(2)10(12)9-5-4-8(6-13-9)11(14)15-3/h4-7,10H,12H2,1-3H3. The molecule has 0 aliphatic rings. The first-order valence-corrected chi connectivity index (χ1v) is 4.86. The van der Waals surface area contributed by atoms with Crippen LogP contribution in [0, 0.1) is 5.92 Å². The van der Waals surface area contributed by atoms with E-state index in [1.54, 1.807) is 12.1 Å². The van der Waals surface area contributed by atoms with E-state index in [-0.39, 0.29) is 12.0 Å². The minimum absolute atomic E-state index is 0.100. The third-order valence-corrected chi connectivity index (χ3v) is 2.27. The van der Waals surface area contributed by atoms with Gasteiger partial charge in [-0.05, 0) is 18.1 Å². The van der Waals surface area contributed by atoms with Crippen molar-refractivity contribution in [3.05, 3.63) is 29.6 Å². The molecule has 1 rings (SSSR count). The molecule has 1 aromatic rings. The van der Waals surface area contributed by atoms with Gasteiger partial charge in [0.05, 0.1) is 18.4 Å². The molecule has 0 aliphatic carbocycles. The van der Waals surface area contributed by atoms with Gasteiger partial charge in [0.2, 0.25) is 0 Å². The van der Waals surface area contributed by atoms with Gasteiger partial charge in [-0.2, -0.15) is 0 Å². The summed E-state index contributed by atoms with van der Waals surface area (Å²) in [4.78, 5) is 15.3. The lowest BCUT2D eigenvalue weighted by molar-refractivity contribution is 0.0600. The van der Waals surface area contributed by atoms with Crippen LogP contribution >= 0.6 is 0 Å². The monoisotopic (exact) mass is 208 g/mol. The van der Waals surface area contributed by atoms with E-state index in [0.717, 1.165) is 5.69 Å². The van der Waals surface area contributed by atoms with Crippen LogP contribution in [0.3, 0.4) is 0 Å². The topological polar surface area (TPSA) is 65.2 Å². The summed E-state index contributed by atoms with van der Waals surface area (Å²) in [6.45, 7) is 4.06. The van der Waals surface area contributed by atoms with Gasteiger partial charge in [0.25, 0.3) is 0 Å². The second-order valence-corrected chi connectivity index (χ2v) is 3.73. The van der Waals surface area contributed by atoms with Crippen LogP contribution in [-0.4, -0.2) is 18.1 Å². The first-order valence-electron chi connectivity index (χ1n) is 4.86. The molecular weight excluding hydrogens is 192 g/mol. The van der Waals surface area contributed by atoms with Crippen LogP contribution in [-0.2, 0) is 4.74 Å². The molecule has 1 unspecified atom stereocenters. The number of nitrogens with two attached hydrogens (primary N) is 1. The number of methoxy groups -OCH3 is 1. The van der Waals surface area contributed by atoms with Crippen LogP contribution in [0.5, 0.6) is 0 Å². The molecule has 0 spiro atoms. The number of hydrogen-bond acceptors (Lipinski definition) is 4. The molecule has 0 amide bonds. The van der Waals surface area contributed by atoms with Crippen LogP contribution in [0.2, 0.25) is 0 Å². The molecular formula is C11H16N2O2. The molecule has 0 aromatic carbocycles. The Kier molecular flexibility index (Phi) is 3.80. The third kappa shape index (κ3) is 2.76. The Morgan fingerprint density at radius 3 is 2.53 bits per heavy atom. The van der Waals surface area contributed by atoms with Gasteiger partial charge in [-0.1, -0.05) is 13.8 Å². The first-order chi connectivity index (χ1) is 7.06. The minimum Gasteiger partial charge on any atom is -0.465 e. The number of rotatable bonds is 3. The van der Waals surface area contributed by atoms with Crippen LogP contribution in [0.4, 0.5) is 0 Å². The molecule has 1 aromatic heterocycles. The molecule has 1 atom stereocenters. The minimum atomic E-state index is -0.382. The largest absolute Gasteiger partial charge is 0.465 e. The molecule has 2 N–H and O–H groups in total. The Labute approximate surface area is 89.5 Å². The molecule has 0 saturated carbocycles. The molecule has 1 heterocycles. The van der Waals surface area contributed by atoms with Crippen molar-refractivity contribution < 1.29 is 9.53 Å². The molecule has 0 aliphatic heterocycles. The zero-order valence-electron chi connectivity index (χ0n) is 9.23. The molecule has 4 heteroatoms. The van der Waals surface area contributed by atoms with Crippen molar-refractivity contribution in [3.63, 3.8) is 0 Å². The fourth-order valence-electron chi connectivity index (χ4n) is 1.18. The maximum Gasteiger partial charge on any atom is 0.339 e. The highest BCUT2D eigenvalue weighted by Gasteiger charge is 2.12. The van der Waals surface area contributed by atoms with Crippen LogP contribution in [0.25, 0.3) is 0 Å². The smallest absolute Gasteiger partial charge is 0.339 e. The number of pyridine rings is 1. The fraction of sp³-hybridized carbons (Fsp3) is 0.455. The maximum atomic E-state index is 11.1. The van der Waals surface area contributed by atoms with Gasteiger partial charge in [-0.3, -0.25) is 4.98 Å². The van der Waals surface area contributed by atoms with Gasteiger partial charge >= 0.3 is 5.97 Å². The van der Waals surface area contributed by atoms with Crippen molar-refractivity contribution in [2.24, 2.45) is 11.7 Å². The maximum absolute atomic E-state index is 11.1. The highest BCUT2D eigenvalue weighted by molar-refractivity contribution is 5.88. The molecule has 0 radical (unpaired) electrons. The predicted molar refractivity (Wildman–Crippen MR) is 57.3 cm³/mol. The Balaban J connectivity index is 2.85. The Hall–Kier alpha value is -1.42. The van der Waals surface area contributed by atoms with E-state index in [1.807, 2.05) is 13.8 Å². The lowest BCUT2D eigenvalue weighted by Gasteiger charge is -2.14. The predicted octanol–water partition coefficient (Wildman–Crippen LogP) is 1.52. The van der Waals surface area contributed by atoms with Crippen LogP contribution in [0.15, 0.2) is 18.3 Å². The number of nitrogens with zero attached hydrogens (tertiary/aromatic N) is 1. The molecule has 82 valence electrons. The highest BCUT2D eigenvalue weighted by atomic mass is 16.5. The van der Waals surface area contributed by atoms with Crippen LogP contribution in [0.1, 0.15) is 35.9 Å². The van der Waals surface area contributed by atoms with Gasteiger partial charge in [0.1, 0.15) is 0 Å². The van der Waals surface area contributed by atoms with Crippen molar-refractivity contribution in [1.29, 1.82) is 0 Å². The quantitative estimate of drug-likeness (QED) is 0.765. The number of hydrogen-bond donors (Lipinski definition) is 1. The van der Waals surface area contributed by atoms with Crippen molar-refractivity contribution in [2.45, 2.75) is 19.9 Å². The number of esters is 1. The summed E-state index contributed by atoms with van der Waals surface area (Å²) in [6.07, 6.45) is 1.49. The lowest BCUT2D eigenvalue weighted by Crippen LogP contribution is -2.18. The van der Waals surface area contributed by atoms with Crippen molar-refractivity contribution >= 4 is 5.97 Å². The number of ether oxygens (including phenoxy) is 1. The van der Waals surface area contributed by atoms with E-state index in [0.29, 0.717) is 11.5 Å². The SMILES string of the molecule is COC(=O)c1ccc(C(N)C(C)C)nc1. The number of carbonyl (C=O) groups is 1. The molecule has 0 saturated heterocycles. The lowest BCUT2D eigenvalue weighted by atomic mass is 10.0. The fourth-order valence-corrected chi connectivity index (χ4v) is 1.18. The second-order valence-electron chi connectivity index (χ2n) is 3.73. The van der Waals surface area contributed by atoms with E-state index in [1.165, 1.54) is 13.3 Å². The van der Waals surface area contributed by atoms with Crippen molar-refractivity contribution in [3.8, 4) is 0 Å². The van der Waals surface area contributed by atoms with Crippen LogP contribution < -0.4 is 5.73 Å². The van der Waals surface area contributed by atoms with Crippen molar-refractivity contribution in [2.75, 3.05) is 7.11 Å². The summed E-state index contributed by atoms with van der Waals surface area (Å²) in [5.41, 5.74) is 7.15. The number of carbonyl (C=O) groups excluding carboxylic acids is 1. The Morgan fingerprint density at radius 2 is 2.13 bits per heavy atom. The average Bonchev–Trinajstić information content (AvgIpc) is 2.27. The highest BCUT2D eigenvalue weighted by Crippen LogP contribution is 2.16. The van der Waals surface area contributed by atoms with Gasteiger partial charge in [0.15, 0.2) is 0 Å². The summed E-state index contributed by atoms with van der Waals surface area (Å²) in [5.74, 6) is -0.0614. The molecule has 0 fully saturated rings. The normalized spacial score (nSPS) is 12.6. The molecule has 15 heavy (non-hydrogen) atoms. The summed E-state index contributed by atoms with van der Waals surface area (Å²) >= 11 is 0. The molecule has 4 nitrogen and oxygen atoms in total. The Morgan fingerprint density at radius 1 is 1.47 bits per heavy atom. The summed E-state index contributed by atoms with van der Waals surface area (Å²) in [5, 5.41) is 0. The Bertz CT molecular complexity index is 333. The zero-order valence-corrected chi connectivity index (χ0v) is 9.23. The number of aromatic nitrogens is 1. The van der Waals surface area contributed by atoms with Gasteiger partial charge in [-0.25, -0.2) is 4.79 Å². The van der Waals surface area contributed by atoms with E-state index < -0.39 is 0 Å². The first kappa shape index (κ1) is 11.7. The van der Waals surface area contributed by atoms with Gasteiger partial charge in [0, 0.05) is 12.2 Å². The zero-order chi connectivity index (χ0) is 11.4. The summed E-state index contributed by atoms with van der Waals surface area (Å²) in [7, 11) is 1.34. The second kappa shape index (κ2) is 4.89. The van der Waals surface area contributed by atoms with E-state index in [4.69, 9.17) is 5.73 Å². The van der Waals surface area contributed by atoms with E-state index in [9.17, 15) is 4.79 Å². The van der Waals surface area contributed by atoms with Gasteiger partial charge in [-0.15, -0.1) is 0 Å². The molecule has 0 bridgehead atoms. The summed E-state index contributed by atoms with van der Waals surface area (Å²) < 4.78 is 4.57. The van der Waals surface area contributed by atoms with Gasteiger partial charge < -0.3 is 10.5 Å².